The van der Waals surface area contributed by atoms with Crippen LogP contribution in [-0.4, -0.2) is 0 Å². The van der Waals surface area contributed by atoms with Gasteiger partial charge in [0.25, 0.3) is 0 Å². The van der Waals surface area contributed by atoms with E-state index in [1.54, 1.807) is 0 Å². The van der Waals surface area contributed by atoms with Crippen LogP contribution >= 0.6 is 0 Å². The second-order valence-corrected chi connectivity index (χ2v) is 14.1. The molecule has 3 heteroatoms. The zero-order valence-corrected chi connectivity index (χ0v) is 29.8. The molecule has 0 N–H and O–H groups in total. The number of para-hydroxylation sites is 4. The fourth-order valence-corrected chi connectivity index (χ4v) is 8.16. The Morgan fingerprint density at radius 3 is 1.60 bits per heavy atom. The maximum Gasteiger partial charge on any atom is 0.143 e. The van der Waals surface area contributed by atoms with E-state index in [1.165, 1.54) is 21.9 Å². The average molecular weight is 704 g/mol. The molecule has 2 heterocycles. The fraction of sp³-hybridized carbons (Fsp3) is 0. The number of hydrogen-bond donors (Lipinski definition) is 0. The van der Waals surface area contributed by atoms with Crippen molar-refractivity contribution in [3.05, 3.63) is 200 Å². The molecule has 3 nitrogen and oxygen atoms in total. The van der Waals surface area contributed by atoms with E-state index in [0.29, 0.717) is 0 Å². The highest BCUT2D eigenvalue weighted by molar-refractivity contribution is 6.11. The molecule has 0 aliphatic heterocycles. The molecule has 0 saturated carbocycles. The van der Waals surface area contributed by atoms with Gasteiger partial charge in [-0.2, -0.15) is 0 Å². The second-order valence-electron chi connectivity index (χ2n) is 14.1. The second kappa shape index (κ2) is 12.6. The Morgan fingerprint density at radius 1 is 0.309 bits per heavy atom. The Bertz CT molecular complexity index is 3200. The minimum Gasteiger partial charge on any atom is -0.456 e. The monoisotopic (exact) mass is 703 g/mol. The number of nitrogens with zero attached hydrogens (tertiary/aromatic N) is 1. The SMILES string of the molecule is c1ccc(N(c2ccc(-c3ccc4ccccc4c3)cc2)c2ccc(-c3ccc4oc5ccccc5c4c3)cc2)c(-c2cccc3c2oc2ccccc23)c1. The van der Waals surface area contributed by atoms with Crippen LogP contribution in [-0.2, 0) is 0 Å². The standard InChI is InChI=1S/C52H33NO2/c1-2-11-37-32-38(21-20-34(37)10-1)35-22-27-40(28-23-35)53(41-29-24-36(25-30-41)39-26-31-51-47(33-39)44-14-5-7-18-49(44)54-51)48-17-6-3-12-42(48)45-15-9-16-46-43-13-4-8-19-50(43)55-52(45)46/h1-33H. The minimum atomic E-state index is 0.889. The molecule has 0 aliphatic carbocycles. The molecule has 0 unspecified atom stereocenters. The lowest BCUT2D eigenvalue weighted by Crippen LogP contribution is -2.11. The van der Waals surface area contributed by atoms with Crippen LogP contribution in [0.1, 0.15) is 0 Å². The molecular formula is C52H33NO2. The van der Waals surface area contributed by atoms with Gasteiger partial charge < -0.3 is 13.7 Å². The summed E-state index contributed by atoms with van der Waals surface area (Å²) in [4.78, 5) is 2.36. The predicted molar refractivity (Wildman–Crippen MR) is 229 cm³/mol. The van der Waals surface area contributed by atoms with E-state index >= 15 is 0 Å². The molecule has 0 atom stereocenters. The van der Waals surface area contributed by atoms with Gasteiger partial charge in [-0.3, -0.25) is 0 Å². The Labute approximate surface area is 317 Å². The highest BCUT2D eigenvalue weighted by Crippen LogP contribution is 2.45. The van der Waals surface area contributed by atoms with Gasteiger partial charge in [-0.15, -0.1) is 0 Å². The molecule has 0 fully saturated rings. The summed E-state index contributed by atoms with van der Waals surface area (Å²) >= 11 is 0. The van der Waals surface area contributed by atoms with E-state index in [1.807, 2.05) is 24.3 Å². The molecule has 11 rings (SSSR count). The van der Waals surface area contributed by atoms with Crippen molar-refractivity contribution in [2.24, 2.45) is 0 Å². The molecule has 55 heavy (non-hydrogen) atoms. The van der Waals surface area contributed by atoms with Crippen molar-refractivity contribution >= 4 is 71.7 Å². The minimum absolute atomic E-state index is 0.889. The largest absolute Gasteiger partial charge is 0.456 e. The average Bonchev–Trinajstić information content (AvgIpc) is 3.83. The summed E-state index contributed by atoms with van der Waals surface area (Å²) in [5, 5.41) is 6.96. The molecular weight excluding hydrogens is 671 g/mol. The maximum absolute atomic E-state index is 6.57. The Balaban J connectivity index is 1.05. The molecule has 0 bridgehead atoms. The number of fused-ring (bicyclic) bond motifs is 7. The summed E-state index contributed by atoms with van der Waals surface area (Å²) < 4.78 is 12.7. The normalized spacial score (nSPS) is 11.6. The third-order valence-corrected chi connectivity index (χ3v) is 10.9. The van der Waals surface area contributed by atoms with Gasteiger partial charge in [0.1, 0.15) is 22.3 Å². The van der Waals surface area contributed by atoms with Crippen LogP contribution in [0.2, 0.25) is 0 Å². The number of anilines is 3. The lowest BCUT2D eigenvalue weighted by molar-refractivity contribution is 0.669. The first kappa shape index (κ1) is 31.2. The number of furan rings is 2. The Kier molecular flexibility index (Phi) is 7.17. The third-order valence-electron chi connectivity index (χ3n) is 10.9. The van der Waals surface area contributed by atoms with E-state index in [0.717, 1.165) is 83.2 Å². The molecule has 11 aromatic rings. The predicted octanol–water partition coefficient (Wildman–Crippen LogP) is 15.1. The van der Waals surface area contributed by atoms with Crippen LogP contribution in [0.3, 0.4) is 0 Å². The van der Waals surface area contributed by atoms with E-state index in [4.69, 9.17) is 8.83 Å². The quantitative estimate of drug-likeness (QED) is 0.173. The van der Waals surface area contributed by atoms with Crippen molar-refractivity contribution in [2.75, 3.05) is 4.90 Å². The van der Waals surface area contributed by atoms with Crippen molar-refractivity contribution < 1.29 is 8.83 Å². The van der Waals surface area contributed by atoms with Crippen LogP contribution < -0.4 is 4.90 Å². The van der Waals surface area contributed by atoms with Crippen molar-refractivity contribution in [2.45, 2.75) is 0 Å². The molecule has 0 saturated heterocycles. The van der Waals surface area contributed by atoms with Crippen LogP contribution in [0, 0.1) is 0 Å². The number of benzene rings is 9. The lowest BCUT2D eigenvalue weighted by atomic mass is 9.98. The van der Waals surface area contributed by atoms with Crippen molar-refractivity contribution in [3.63, 3.8) is 0 Å². The topological polar surface area (TPSA) is 29.5 Å². The highest BCUT2D eigenvalue weighted by Gasteiger charge is 2.21. The van der Waals surface area contributed by atoms with E-state index in [9.17, 15) is 0 Å². The molecule has 0 aliphatic rings. The summed E-state index contributed by atoms with van der Waals surface area (Å²) in [5.41, 5.74) is 13.6. The smallest absolute Gasteiger partial charge is 0.143 e. The van der Waals surface area contributed by atoms with Crippen molar-refractivity contribution in [3.8, 4) is 33.4 Å². The van der Waals surface area contributed by atoms with Gasteiger partial charge in [-0.25, -0.2) is 0 Å². The summed E-state index contributed by atoms with van der Waals surface area (Å²) in [6.07, 6.45) is 0. The number of rotatable bonds is 6. The van der Waals surface area contributed by atoms with Gasteiger partial charge in [0, 0.05) is 44.0 Å². The van der Waals surface area contributed by atoms with Gasteiger partial charge in [0.2, 0.25) is 0 Å². The van der Waals surface area contributed by atoms with Gasteiger partial charge in [-0.05, 0) is 93.7 Å². The zero-order valence-electron chi connectivity index (χ0n) is 29.8. The highest BCUT2D eigenvalue weighted by atomic mass is 16.3. The molecule has 9 aromatic carbocycles. The van der Waals surface area contributed by atoms with Crippen molar-refractivity contribution in [1.29, 1.82) is 0 Å². The first-order valence-electron chi connectivity index (χ1n) is 18.7. The lowest BCUT2D eigenvalue weighted by Gasteiger charge is -2.28. The van der Waals surface area contributed by atoms with Crippen molar-refractivity contribution in [1.82, 2.24) is 0 Å². The van der Waals surface area contributed by atoms with Crippen LogP contribution in [0.25, 0.3) is 88.0 Å². The molecule has 258 valence electrons. The van der Waals surface area contributed by atoms with Crippen LogP contribution in [0.5, 0.6) is 0 Å². The summed E-state index contributed by atoms with van der Waals surface area (Å²) in [7, 11) is 0. The van der Waals surface area contributed by atoms with Crippen LogP contribution in [0.4, 0.5) is 17.1 Å². The summed E-state index contributed by atoms with van der Waals surface area (Å²) in [5.74, 6) is 0. The van der Waals surface area contributed by atoms with E-state index in [2.05, 4.69) is 181 Å². The van der Waals surface area contributed by atoms with E-state index in [-0.39, 0.29) is 0 Å². The van der Waals surface area contributed by atoms with E-state index < -0.39 is 0 Å². The fourth-order valence-electron chi connectivity index (χ4n) is 8.16. The van der Waals surface area contributed by atoms with Gasteiger partial charge >= 0.3 is 0 Å². The molecule has 0 spiro atoms. The molecule has 0 amide bonds. The summed E-state index contributed by atoms with van der Waals surface area (Å²) in [6, 6.07) is 71.1. The summed E-state index contributed by atoms with van der Waals surface area (Å²) in [6.45, 7) is 0. The van der Waals surface area contributed by atoms with Gasteiger partial charge in [-0.1, -0.05) is 140 Å². The van der Waals surface area contributed by atoms with Crippen LogP contribution in [0.15, 0.2) is 209 Å². The Morgan fingerprint density at radius 2 is 0.836 bits per heavy atom. The third kappa shape index (κ3) is 5.28. The molecule has 2 aromatic heterocycles. The van der Waals surface area contributed by atoms with Gasteiger partial charge in [0.15, 0.2) is 0 Å². The van der Waals surface area contributed by atoms with Gasteiger partial charge in [0.05, 0.1) is 5.69 Å². The molecule has 0 radical (unpaired) electrons. The maximum atomic E-state index is 6.57. The first-order valence-corrected chi connectivity index (χ1v) is 18.7. The number of hydrogen-bond acceptors (Lipinski definition) is 3. The Hall–Kier alpha value is -7.36. The zero-order chi connectivity index (χ0) is 36.3. The first-order chi connectivity index (χ1) is 27.2.